The highest BCUT2D eigenvalue weighted by atomic mass is 19.4. The van der Waals surface area contributed by atoms with E-state index in [1.807, 2.05) is 0 Å². The second-order valence-electron chi connectivity index (χ2n) is 5.33. The molecule has 4 nitrogen and oxygen atoms in total. The maximum absolute atomic E-state index is 12.3. The van der Waals surface area contributed by atoms with Crippen LogP contribution in [0.1, 0.15) is 24.8 Å². The van der Waals surface area contributed by atoms with Gasteiger partial charge in [0.2, 0.25) is 5.91 Å². The quantitative estimate of drug-likeness (QED) is 0.878. The molecular formula is C15H19F3N2O2. The Labute approximate surface area is 127 Å². The maximum atomic E-state index is 12.3. The van der Waals surface area contributed by atoms with Gasteiger partial charge in [0.15, 0.2) is 0 Å². The molecule has 1 fully saturated rings. The van der Waals surface area contributed by atoms with Crippen LogP contribution in [-0.4, -0.2) is 25.4 Å². The van der Waals surface area contributed by atoms with Gasteiger partial charge in [-0.1, -0.05) is 18.2 Å². The molecule has 0 atom stereocenters. The lowest BCUT2D eigenvalue weighted by Gasteiger charge is -2.22. The lowest BCUT2D eigenvalue weighted by molar-refractivity contribution is -0.274. The molecule has 1 aromatic carbocycles. The third kappa shape index (κ3) is 5.55. The Bertz CT molecular complexity index is 500. The van der Waals surface area contributed by atoms with Crippen LogP contribution in [0.5, 0.6) is 5.75 Å². The van der Waals surface area contributed by atoms with E-state index in [1.54, 1.807) is 6.07 Å². The SMILES string of the molecule is O=C(CC1CCNCC1)NCc1ccccc1OC(F)(F)F. The summed E-state index contributed by atoms with van der Waals surface area (Å²) in [6, 6.07) is 5.81. The molecule has 1 aliphatic rings. The second-order valence-corrected chi connectivity index (χ2v) is 5.33. The summed E-state index contributed by atoms with van der Waals surface area (Å²) >= 11 is 0. The van der Waals surface area contributed by atoms with Crippen molar-refractivity contribution in [1.82, 2.24) is 10.6 Å². The van der Waals surface area contributed by atoms with Crippen LogP contribution < -0.4 is 15.4 Å². The molecular weight excluding hydrogens is 297 g/mol. The van der Waals surface area contributed by atoms with Gasteiger partial charge in [-0.3, -0.25) is 4.79 Å². The normalized spacial score (nSPS) is 16.3. The molecule has 1 saturated heterocycles. The number of carbonyl (C=O) groups excluding carboxylic acids is 1. The van der Waals surface area contributed by atoms with Crippen LogP contribution in [0, 0.1) is 5.92 Å². The predicted octanol–water partition coefficient (Wildman–Crippen LogP) is 2.59. The molecule has 2 rings (SSSR count). The number of amides is 1. The Balaban J connectivity index is 1.86. The van der Waals surface area contributed by atoms with E-state index in [2.05, 4.69) is 15.4 Å². The van der Waals surface area contributed by atoms with Crippen molar-refractivity contribution in [3.05, 3.63) is 29.8 Å². The van der Waals surface area contributed by atoms with Gasteiger partial charge in [-0.15, -0.1) is 13.2 Å². The van der Waals surface area contributed by atoms with Gasteiger partial charge in [-0.25, -0.2) is 0 Å². The summed E-state index contributed by atoms with van der Waals surface area (Å²) in [4.78, 5) is 11.9. The molecule has 0 saturated carbocycles. The van der Waals surface area contributed by atoms with Crippen LogP contribution in [0.2, 0.25) is 0 Å². The molecule has 1 aromatic rings. The Kier molecular flexibility index (Phi) is 5.65. The molecule has 1 amide bonds. The number of hydrogen-bond donors (Lipinski definition) is 2. The minimum absolute atomic E-state index is 0.0239. The van der Waals surface area contributed by atoms with Crippen molar-refractivity contribution in [3.63, 3.8) is 0 Å². The zero-order valence-corrected chi connectivity index (χ0v) is 12.1. The molecule has 1 aliphatic heterocycles. The highest BCUT2D eigenvalue weighted by Crippen LogP contribution is 2.26. The van der Waals surface area contributed by atoms with Crippen molar-refractivity contribution in [2.45, 2.75) is 32.2 Å². The van der Waals surface area contributed by atoms with Gasteiger partial charge < -0.3 is 15.4 Å². The first-order chi connectivity index (χ1) is 10.4. The summed E-state index contributed by atoms with van der Waals surface area (Å²) in [6.07, 6.45) is -2.44. The van der Waals surface area contributed by atoms with Gasteiger partial charge in [0.05, 0.1) is 0 Å². The highest BCUT2D eigenvalue weighted by molar-refractivity contribution is 5.76. The van der Waals surface area contributed by atoms with Gasteiger partial charge in [-0.2, -0.15) is 0 Å². The fourth-order valence-electron chi connectivity index (χ4n) is 2.49. The number of rotatable bonds is 5. The summed E-state index contributed by atoms with van der Waals surface area (Å²) in [5.41, 5.74) is 0.304. The monoisotopic (exact) mass is 316 g/mol. The van der Waals surface area contributed by atoms with E-state index in [-0.39, 0.29) is 18.2 Å². The van der Waals surface area contributed by atoms with Crippen LogP contribution in [0.25, 0.3) is 0 Å². The van der Waals surface area contributed by atoms with Gasteiger partial charge in [0.25, 0.3) is 0 Å². The van der Waals surface area contributed by atoms with Gasteiger partial charge in [-0.05, 0) is 37.9 Å². The Morgan fingerprint density at radius 2 is 1.95 bits per heavy atom. The Hall–Kier alpha value is -1.76. The first kappa shape index (κ1) is 16.6. The van der Waals surface area contributed by atoms with Crippen molar-refractivity contribution in [2.24, 2.45) is 5.92 Å². The molecule has 2 N–H and O–H groups in total. The fourth-order valence-corrected chi connectivity index (χ4v) is 2.49. The topological polar surface area (TPSA) is 50.4 Å². The first-order valence-electron chi connectivity index (χ1n) is 7.25. The number of alkyl halides is 3. The Morgan fingerprint density at radius 1 is 1.27 bits per heavy atom. The van der Waals surface area contributed by atoms with E-state index < -0.39 is 6.36 Å². The highest BCUT2D eigenvalue weighted by Gasteiger charge is 2.32. The molecule has 22 heavy (non-hydrogen) atoms. The summed E-state index contributed by atoms with van der Waals surface area (Å²) in [5.74, 6) is -0.0891. The molecule has 0 radical (unpaired) electrons. The number of piperidine rings is 1. The average Bonchev–Trinajstić information content (AvgIpc) is 2.46. The number of halogens is 3. The third-order valence-electron chi connectivity index (χ3n) is 3.61. The molecule has 1 heterocycles. The van der Waals surface area contributed by atoms with Crippen LogP contribution in [-0.2, 0) is 11.3 Å². The van der Waals surface area contributed by atoms with Crippen LogP contribution in [0.3, 0.4) is 0 Å². The Morgan fingerprint density at radius 3 is 2.64 bits per heavy atom. The van der Waals surface area contributed by atoms with Crippen LogP contribution in [0.4, 0.5) is 13.2 Å². The van der Waals surface area contributed by atoms with E-state index in [4.69, 9.17) is 0 Å². The van der Waals surface area contributed by atoms with Crippen molar-refractivity contribution in [2.75, 3.05) is 13.1 Å². The summed E-state index contributed by atoms with van der Waals surface area (Å²) in [7, 11) is 0. The van der Waals surface area contributed by atoms with Crippen molar-refractivity contribution < 1.29 is 22.7 Å². The van der Waals surface area contributed by atoms with Gasteiger partial charge >= 0.3 is 6.36 Å². The number of ether oxygens (including phenoxy) is 1. The van der Waals surface area contributed by atoms with Gasteiger partial charge in [0.1, 0.15) is 5.75 Å². The van der Waals surface area contributed by atoms with E-state index in [1.165, 1.54) is 18.2 Å². The summed E-state index contributed by atoms with van der Waals surface area (Å²) in [5, 5.41) is 5.89. The minimum atomic E-state index is -4.74. The minimum Gasteiger partial charge on any atom is -0.405 e. The molecule has 0 spiro atoms. The molecule has 0 aromatic heterocycles. The lowest BCUT2D eigenvalue weighted by Crippen LogP contribution is -2.32. The van der Waals surface area contributed by atoms with E-state index in [0.717, 1.165) is 25.9 Å². The molecule has 7 heteroatoms. The first-order valence-corrected chi connectivity index (χ1v) is 7.25. The van der Waals surface area contributed by atoms with Crippen LogP contribution in [0.15, 0.2) is 24.3 Å². The largest absolute Gasteiger partial charge is 0.573 e. The number of nitrogens with one attached hydrogen (secondary N) is 2. The number of carbonyl (C=O) groups is 1. The average molecular weight is 316 g/mol. The molecule has 0 bridgehead atoms. The zero-order valence-electron chi connectivity index (χ0n) is 12.1. The fraction of sp³-hybridized carbons (Fsp3) is 0.533. The van der Waals surface area contributed by atoms with E-state index in [9.17, 15) is 18.0 Å². The lowest BCUT2D eigenvalue weighted by atomic mass is 9.94. The van der Waals surface area contributed by atoms with E-state index in [0.29, 0.717) is 17.9 Å². The third-order valence-corrected chi connectivity index (χ3v) is 3.61. The maximum Gasteiger partial charge on any atom is 0.573 e. The smallest absolute Gasteiger partial charge is 0.405 e. The van der Waals surface area contributed by atoms with Gasteiger partial charge in [0, 0.05) is 18.5 Å². The summed E-state index contributed by atoms with van der Waals surface area (Å²) < 4.78 is 40.9. The number of hydrogen-bond acceptors (Lipinski definition) is 3. The van der Waals surface area contributed by atoms with Crippen LogP contribution >= 0.6 is 0 Å². The molecule has 0 unspecified atom stereocenters. The number of para-hydroxylation sites is 1. The molecule has 0 aliphatic carbocycles. The van der Waals surface area contributed by atoms with Crippen molar-refractivity contribution in [1.29, 1.82) is 0 Å². The predicted molar refractivity (Wildman–Crippen MR) is 75.2 cm³/mol. The standard InChI is InChI=1S/C15H19F3N2O2/c16-15(17,18)22-13-4-2-1-3-12(13)10-20-14(21)9-11-5-7-19-8-6-11/h1-4,11,19H,5-10H2,(H,20,21). The summed E-state index contributed by atoms with van der Waals surface area (Å²) in [6.45, 7) is 1.83. The van der Waals surface area contributed by atoms with Crippen molar-refractivity contribution in [3.8, 4) is 5.75 Å². The zero-order chi connectivity index (χ0) is 16.0. The van der Waals surface area contributed by atoms with Crippen molar-refractivity contribution >= 4 is 5.91 Å². The molecule has 122 valence electrons. The second kappa shape index (κ2) is 7.49. The van der Waals surface area contributed by atoms with E-state index >= 15 is 0 Å². The number of benzene rings is 1.